The number of hydrogen-bond donors (Lipinski definition) is 0. The monoisotopic (exact) mass is 277 g/mol. The molecular formula is C14H12FNO4. The summed E-state index contributed by atoms with van der Waals surface area (Å²) in [5.74, 6) is -0.715. The molecule has 6 heteroatoms. The van der Waals surface area contributed by atoms with Gasteiger partial charge in [-0.3, -0.25) is 10.1 Å². The molecule has 0 fully saturated rings. The summed E-state index contributed by atoms with van der Waals surface area (Å²) >= 11 is 0. The third-order valence-corrected chi connectivity index (χ3v) is 2.67. The van der Waals surface area contributed by atoms with Crippen molar-refractivity contribution in [3.05, 3.63) is 64.0 Å². The molecule has 0 spiro atoms. The SMILES string of the molecule is COc1cc([N+](=O)[O-])c(F)cc1OCc1ccccc1. The largest absolute Gasteiger partial charge is 0.493 e. The Labute approximate surface area is 114 Å². The van der Waals surface area contributed by atoms with Crippen LogP contribution in [0.3, 0.4) is 0 Å². The molecule has 0 atom stereocenters. The minimum atomic E-state index is -0.959. The van der Waals surface area contributed by atoms with Crippen LogP contribution >= 0.6 is 0 Å². The third kappa shape index (κ3) is 3.03. The Bertz CT molecular complexity index is 616. The first-order valence-electron chi connectivity index (χ1n) is 5.80. The van der Waals surface area contributed by atoms with Crippen LogP contribution in [0.1, 0.15) is 5.56 Å². The summed E-state index contributed by atoms with van der Waals surface area (Å²) in [5, 5.41) is 10.6. The van der Waals surface area contributed by atoms with Crippen molar-refractivity contribution in [3.63, 3.8) is 0 Å². The molecule has 2 aromatic rings. The highest BCUT2D eigenvalue weighted by Gasteiger charge is 2.19. The van der Waals surface area contributed by atoms with Gasteiger partial charge in [-0.1, -0.05) is 30.3 Å². The zero-order valence-electron chi connectivity index (χ0n) is 10.7. The molecule has 0 bridgehead atoms. The lowest BCUT2D eigenvalue weighted by Gasteiger charge is -2.10. The molecule has 0 saturated heterocycles. The van der Waals surface area contributed by atoms with Crippen LogP contribution in [-0.4, -0.2) is 12.0 Å². The number of methoxy groups -OCH3 is 1. The first-order valence-corrected chi connectivity index (χ1v) is 5.80. The van der Waals surface area contributed by atoms with Gasteiger partial charge in [-0.05, 0) is 5.56 Å². The minimum absolute atomic E-state index is 0.119. The van der Waals surface area contributed by atoms with Gasteiger partial charge >= 0.3 is 5.69 Å². The molecule has 0 amide bonds. The Kier molecular flexibility index (Phi) is 4.14. The molecule has 0 aliphatic rings. The van der Waals surface area contributed by atoms with E-state index in [0.29, 0.717) is 0 Å². The number of ether oxygens (including phenoxy) is 2. The summed E-state index contributed by atoms with van der Waals surface area (Å²) in [5.41, 5.74) is 0.252. The van der Waals surface area contributed by atoms with Gasteiger partial charge in [-0.25, -0.2) is 0 Å². The van der Waals surface area contributed by atoms with E-state index >= 15 is 0 Å². The topological polar surface area (TPSA) is 61.6 Å². The zero-order valence-corrected chi connectivity index (χ0v) is 10.7. The lowest BCUT2D eigenvalue weighted by molar-refractivity contribution is -0.387. The van der Waals surface area contributed by atoms with E-state index in [-0.39, 0.29) is 18.1 Å². The number of hydrogen-bond acceptors (Lipinski definition) is 4. The van der Waals surface area contributed by atoms with Crippen LogP contribution < -0.4 is 9.47 Å². The molecule has 0 N–H and O–H groups in total. The standard InChI is InChI=1S/C14H12FNO4/c1-19-13-8-12(16(17)18)11(15)7-14(13)20-9-10-5-3-2-4-6-10/h2-8H,9H2,1H3. The van der Waals surface area contributed by atoms with Crippen LogP contribution in [0.4, 0.5) is 10.1 Å². The maximum Gasteiger partial charge on any atom is 0.308 e. The van der Waals surface area contributed by atoms with Gasteiger partial charge in [0.15, 0.2) is 11.5 Å². The summed E-state index contributed by atoms with van der Waals surface area (Å²) in [6, 6.07) is 11.3. The van der Waals surface area contributed by atoms with Crippen molar-refractivity contribution in [2.45, 2.75) is 6.61 Å². The van der Waals surface area contributed by atoms with E-state index in [9.17, 15) is 14.5 Å². The van der Waals surface area contributed by atoms with E-state index in [0.717, 1.165) is 17.7 Å². The van der Waals surface area contributed by atoms with Crippen molar-refractivity contribution in [2.24, 2.45) is 0 Å². The van der Waals surface area contributed by atoms with Crippen LogP contribution in [-0.2, 0) is 6.61 Å². The lowest BCUT2D eigenvalue weighted by atomic mass is 10.2. The van der Waals surface area contributed by atoms with E-state index in [1.807, 2.05) is 30.3 Å². The summed E-state index contributed by atoms with van der Waals surface area (Å²) < 4.78 is 24.0. The van der Waals surface area contributed by atoms with Crippen molar-refractivity contribution >= 4 is 5.69 Å². The third-order valence-electron chi connectivity index (χ3n) is 2.67. The summed E-state index contributed by atoms with van der Waals surface area (Å²) in [4.78, 5) is 9.84. The second-order valence-electron chi connectivity index (χ2n) is 3.99. The summed E-state index contributed by atoms with van der Waals surface area (Å²) in [6.45, 7) is 0.217. The molecule has 0 unspecified atom stereocenters. The Morgan fingerprint density at radius 2 is 1.90 bits per heavy atom. The van der Waals surface area contributed by atoms with E-state index in [2.05, 4.69) is 0 Å². The van der Waals surface area contributed by atoms with Crippen molar-refractivity contribution in [1.29, 1.82) is 0 Å². The highest BCUT2D eigenvalue weighted by atomic mass is 19.1. The Morgan fingerprint density at radius 1 is 1.20 bits per heavy atom. The van der Waals surface area contributed by atoms with Crippen LogP contribution in [0.25, 0.3) is 0 Å². The van der Waals surface area contributed by atoms with Gasteiger partial charge in [0.1, 0.15) is 6.61 Å². The molecule has 104 valence electrons. The molecule has 0 radical (unpaired) electrons. The molecule has 0 aliphatic heterocycles. The van der Waals surface area contributed by atoms with Crippen molar-refractivity contribution in [1.82, 2.24) is 0 Å². The molecular weight excluding hydrogens is 265 g/mol. The van der Waals surface area contributed by atoms with E-state index in [1.165, 1.54) is 7.11 Å². The average molecular weight is 277 g/mol. The molecule has 2 rings (SSSR count). The van der Waals surface area contributed by atoms with Gasteiger partial charge in [0.2, 0.25) is 5.82 Å². The second kappa shape index (κ2) is 6.01. The Balaban J connectivity index is 2.23. The number of benzene rings is 2. The summed E-state index contributed by atoms with van der Waals surface area (Å²) in [6.07, 6.45) is 0. The van der Waals surface area contributed by atoms with Gasteiger partial charge in [-0.15, -0.1) is 0 Å². The molecule has 0 saturated carbocycles. The molecule has 2 aromatic carbocycles. The maximum absolute atomic E-state index is 13.6. The average Bonchev–Trinajstić information content (AvgIpc) is 2.46. The normalized spacial score (nSPS) is 10.1. The first kappa shape index (κ1) is 13.8. The Morgan fingerprint density at radius 3 is 2.50 bits per heavy atom. The van der Waals surface area contributed by atoms with Gasteiger partial charge in [0, 0.05) is 6.07 Å². The summed E-state index contributed by atoms with van der Waals surface area (Å²) in [7, 11) is 1.34. The molecule has 5 nitrogen and oxygen atoms in total. The van der Waals surface area contributed by atoms with E-state index in [1.54, 1.807) is 0 Å². The quantitative estimate of drug-likeness (QED) is 0.621. The fourth-order valence-electron chi connectivity index (χ4n) is 1.67. The maximum atomic E-state index is 13.6. The molecule has 0 aromatic heterocycles. The number of rotatable bonds is 5. The van der Waals surface area contributed by atoms with Crippen molar-refractivity contribution in [2.75, 3.05) is 7.11 Å². The molecule has 0 heterocycles. The van der Waals surface area contributed by atoms with Crippen LogP contribution in [0.15, 0.2) is 42.5 Å². The predicted molar refractivity (Wildman–Crippen MR) is 70.4 cm³/mol. The Hall–Kier alpha value is -2.63. The van der Waals surface area contributed by atoms with Gasteiger partial charge < -0.3 is 9.47 Å². The number of nitro groups is 1. The van der Waals surface area contributed by atoms with Crippen LogP contribution in [0.2, 0.25) is 0 Å². The number of halogens is 1. The number of nitrogens with zero attached hydrogens (tertiary/aromatic N) is 1. The van der Waals surface area contributed by atoms with Gasteiger partial charge in [0.05, 0.1) is 18.1 Å². The highest BCUT2D eigenvalue weighted by Crippen LogP contribution is 2.34. The van der Waals surface area contributed by atoms with E-state index in [4.69, 9.17) is 9.47 Å². The molecule has 0 aliphatic carbocycles. The van der Waals surface area contributed by atoms with Crippen LogP contribution in [0, 0.1) is 15.9 Å². The predicted octanol–water partition coefficient (Wildman–Crippen LogP) is 3.32. The van der Waals surface area contributed by atoms with Crippen LogP contribution in [0.5, 0.6) is 11.5 Å². The fraction of sp³-hybridized carbons (Fsp3) is 0.143. The second-order valence-corrected chi connectivity index (χ2v) is 3.99. The van der Waals surface area contributed by atoms with Crippen molar-refractivity contribution in [3.8, 4) is 11.5 Å². The first-order chi connectivity index (χ1) is 9.61. The number of nitro benzene ring substituents is 1. The zero-order chi connectivity index (χ0) is 14.5. The molecule has 20 heavy (non-hydrogen) atoms. The fourth-order valence-corrected chi connectivity index (χ4v) is 1.67. The minimum Gasteiger partial charge on any atom is -0.493 e. The van der Waals surface area contributed by atoms with Gasteiger partial charge in [-0.2, -0.15) is 4.39 Å². The smallest absolute Gasteiger partial charge is 0.308 e. The lowest BCUT2D eigenvalue weighted by Crippen LogP contribution is -2.00. The highest BCUT2D eigenvalue weighted by molar-refractivity contribution is 5.49. The van der Waals surface area contributed by atoms with Crippen molar-refractivity contribution < 1.29 is 18.8 Å². The van der Waals surface area contributed by atoms with E-state index < -0.39 is 16.4 Å². The van der Waals surface area contributed by atoms with Gasteiger partial charge in [0.25, 0.3) is 0 Å².